The summed E-state index contributed by atoms with van der Waals surface area (Å²) in [4.78, 5) is 11.9. The van der Waals surface area contributed by atoms with Crippen molar-refractivity contribution in [1.29, 1.82) is 0 Å². The predicted octanol–water partition coefficient (Wildman–Crippen LogP) is 2.69. The average Bonchev–Trinajstić information content (AvgIpc) is 2.30. The van der Waals surface area contributed by atoms with Crippen molar-refractivity contribution in [1.82, 2.24) is 0 Å². The van der Waals surface area contributed by atoms with Crippen molar-refractivity contribution >= 4 is 5.78 Å². The number of ketones is 1. The minimum atomic E-state index is -0.0674. The van der Waals surface area contributed by atoms with Crippen LogP contribution in [0.15, 0.2) is 24.3 Å². The quantitative estimate of drug-likeness (QED) is 0.694. The molecule has 1 aromatic carbocycles. The Morgan fingerprint density at radius 1 is 1.38 bits per heavy atom. The van der Waals surface area contributed by atoms with Crippen LogP contribution in [0.25, 0.3) is 0 Å². The van der Waals surface area contributed by atoms with E-state index in [0.29, 0.717) is 24.3 Å². The van der Waals surface area contributed by atoms with Gasteiger partial charge in [-0.15, -0.1) is 0 Å². The lowest BCUT2D eigenvalue weighted by molar-refractivity contribution is 0.0789. The number of hydrogen-bond donors (Lipinski definition) is 0. The van der Waals surface area contributed by atoms with E-state index in [4.69, 9.17) is 9.47 Å². The smallest absolute Gasteiger partial charge is 0.169 e. The number of methoxy groups -OCH3 is 1. The first kappa shape index (κ1) is 12.7. The molecule has 0 radical (unpaired) electrons. The van der Waals surface area contributed by atoms with Gasteiger partial charge in [0.25, 0.3) is 0 Å². The minimum absolute atomic E-state index is 0.0541. The van der Waals surface area contributed by atoms with E-state index in [1.54, 1.807) is 13.2 Å². The van der Waals surface area contributed by atoms with E-state index in [1.165, 1.54) is 0 Å². The normalized spacial score (nSPS) is 12.2. The molecule has 0 saturated heterocycles. The van der Waals surface area contributed by atoms with E-state index in [9.17, 15) is 4.79 Å². The summed E-state index contributed by atoms with van der Waals surface area (Å²) in [6, 6.07) is 7.30. The zero-order valence-corrected chi connectivity index (χ0v) is 10.0. The maximum atomic E-state index is 11.9. The highest BCUT2D eigenvalue weighted by Crippen LogP contribution is 2.20. The fraction of sp³-hybridized carbons (Fsp3) is 0.462. The number of para-hydroxylation sites is 1. The van der Waals surface area contributed by atoms with Gasteiger partial charge in [-0.2, -0.15) is 0 Å². The van der Waals surface area contributed by atoms with Crippen LogP contribution in [0.2, 0.25) is 0 Å². The fourth-order valence-corrected chi connectivity index (χ4v) is 1.43. The molecule has 0 aliphatic carbocycles. The van der Waals surface area contributed by atoms with Crippen molar-refractivity contribution in [2.45, 2.75) is 26.4 Å². The predicted molar refractivity (Wildman–Crippen MR) is 63.0 cm³/mol. The molecule has 0 aliphatic heterocycles. The number of ether oxygens (including phenoxy) is 2. The second-order valence-electron chi connectivity index (χ2n) is 3.60. The Kier molecular flexibility index (Phi) is 4.99. The number of benzene rings is 1. The van der Waals surface area contributed by atoms with Crippen molar-refractivity contribution in [2.75, 3.05) is 13.7 Å². The lowest BCUT2D eigenvalue weighted by Gasteiger charge is -2.11. The van der Waals surface area contributed by atoms with E-state index >= 15 is 0 Å². The van der Waals surface area contributed by atoms with Crippen molar-refractivity contribution < 1.29 is 14.3 Å². The molecule has 3 nitrogen and oxygen atoms in total. The second-order valence-corrected chi connectivity index (χ2v) is 3.60. The molecule has 16 heavy (non-hydrogen) atoms. The lowest BCUT2D eigenvalue weighted by atomic mass is 10.0. The largest absolute Gasteiger partial charge is 0.493 e. The van der Waals surface area contributed by atoms with Gasteiger partial charge in [-0.3, -0.25) is 4.79 Å². The summed E-state index contributed by atoms with van der Waals surface area (Å²) in [5.74, 6) is 0.705. The van der Waals surface area contributed by atoms with Gasteiger partial charge in [0.1, 0.15) is 5.75 Å². The number of Topliss-reactive ketones (excluding diaryl/α,β-unsaturated/α-hetero) is 1. The lowest BCUT2D eigenvalue weighted by Crippen LogP contribution is -2.13. The van der Waals surface area contributed by atoms with Crippen LogP contribution in [0.5, 0.6) is 5.75 Å². The van der Waals surface area contributed by atoms with E-state index in [-0.39, 0.29) is 11.9 Å². The molecule has 1 unspecified atom stereocenters. The number of rotatable bonds is 6. The maximum Gasteiger partial charge on any atom is 0.169 e. The molecule has 88 valence electrons. The molecule has 0 bridgehead atoms. The molecule has 0 aliphatic rings. The molecular weight excluding hydrogens is 204 g/mol. The van der Waals surface area contributed by atoms with Crippen LogP contribution in [-0.2, 0) is 4.74 Å². The van der Waals surface area contributed by atoms with Crippen LogP contribution in [0.3, 0.4) is 0 Å². The van der Waals surface area contributed by atoms with Crippen LogP contribution in [0, 0.1) is 0 Å². The monoisotopic (exact) mass is 222 g/mol. The molecule has 0 fully saturated rings. The Hall–Kier alpha value is -1.35. The Bertz CT molecular complexity index is 347. The third kappa shape index (κ3) is 3.35. The Labute approximate surface area is 96.4 Å². The zero-order valence-electron chi connectivity index (χ0n) is 10.0. The second kappa shape index (κ2) is 6.28. The highest BCUT2D eigenvalue weighted by molar-refractivity contribution is 5.98. The summed E-state index contributed by atoms with van der Waals surface area (Å²) in [6.45, 7) is 4.34. The molecular formula is C13H18O3. The summed E-state index contributed by atoms with van der Waals surface area (Å²) < 4.78 is 10.5. The van der Waals surface area contributed by atoms with Gasteiger partial charge in [-0.25, -0.2) is 0 Å². The SMILES string of the molecule is CCOc1ccccc1C(=O)CC(C)OC. The molecule has 0 amide bonds. The molecule has 3 heteroatoms. The Balaban J connectivity index is 2.81. The summed E-state index contributed by atoms with van der Waals surface area (Å²) in [7, 11) is 1.60. The van der Waals surface area contributed by atoms with Gasteiger partial charge in [0.15, 0.2) is 5.78 Å². The Morgan fingerprint density at radius 2 is 2.06 bits per heavy atom. The van der Waals surface area contributed by atoms with E-state index in [2.05, 4.69) is 0 Å². The van der Waals surface area contributed by atoms with Gasteiger partial charge < -0.3 is 9.47 Å². The molecule has 0 spiro atoms. The molecule has 0 heterocycles. The van der Waals surface area contributed by atoms with Crippen molar-refractivity contribution in [3.8, 4) is 5.75 Å². The van der Waals surface area contributed by atoms with Gasteiger partial charge in [0.2, 0.25) is 0 Å². The molecule has 0 aromatic heterocycles. The highest BCUT2D eigenvalue weighted by Gasteiger charge is 2.14. The van der Waals surface area contributed by atoms with Crippen LogP contribution in [0.1, 0.15) is 30.6 Å². The van der Waals surface area contributed by atoms with E-state index in [0.717, 1.165) is 0 Å². The number of carbonyl (C=O) groups excluding carboxylic acids is 1. The first-order valence-corrected chi connectivity index (χ1v) is 5.46. The number of hydrogen-bond acceptors (Lipinski definition) is 3. The molecule has 0 N–H and O–H groups in total. The molecule has 1 atom stereocenters. The minimum Gasteiger partial charge on any atom is -0.493 e. The summed E-state index contributed by atoms with van der Waals surface area (Å²) in [6.07, 6.45) is 0.308. The van der Waals surface area contributed by atoms with Crippen LogP contribution >= 0.6 is 0 Å². The zero-order chi connectivity index (χ0) is 12.0. The first-order valence-electron chi connectivity index (χ1n) is 5.46. The third-order valence-electron chi connectivity index (χ3n) is 2.36. The van der Waals surface area contributed by atoms with Gasteiger partial charge in [-0.1, -0.05) is 12.1 Å². The van der Waals surface area contributed by atoms with Crippen molar-refractivity contribution in [3.05, 3.63) is 29.8 Å². The van der Waals surface area contributed by atoms with Crippen LogP contribution in [-0.4, -0.2) is 25.6 Å². The van der Waals surface area contributed by atoms with Gasteiger partial charge in [-0.05, 0) is 26.0 Å². The van der Waals surface area contributed by atoms with Gasteiger partial charge in [0, 0.05) is 13.5 Å². The van der Waals surface area contributed by atoms with Crippen molar-refractivity contribution in [3.63, 3.8) is 0 Å². The standard InChI is InChI=1S/C13H18O3/c1-4-16-13-8-6-5-7-11(13)12(14)9-10(2)15-3/h5-8,10H,4,9H2,1-3H3. The van der Waals surface area contributed by atoms with Crippen LogP contribution < -0.4 is 4.74 Å². The third-order valence-corrected chi connectivity index (χ3v) is 2.36. The topological polar surface area (TPSA) is 35.5 Å². The maximum absolute atomic E-state index is 11.9. The summed E-state index contributed by atoms with van der Waals surface area (Å²) in [5.41, 5.74) is 0.633. The summed E-state index contributed by atoms with van der Waals surface area (Å²) in [5, 5.41) is 0. The van der Waals surface area contributed by atoms with Gasteiger partial charge in [0.05, 0.1) is 18.3 Å². The first-order chi connectivity index (χ1) is 7.69. The van der Waals surface area contributed by atoms with E-state index < -0.39 is 0 Å². The summed E-state index contributed by atoms with van der Waals surface area (Å²) >= 11 is 0. The highest BCUT2D eigenvalue weighted by atomic mass is 16.5. The van der Waals surface area contributed by atoms with Gasteiger partial charge >= 0.3 is 0 Å². The number of carbonyl (C=O) groups is 1. The average molecular weight is 222 g/mol. The Morgan fingerprint density at radius 3 is 2.69 bits per heavy atom. The van der Waals surface area contributed by atoms with Crippen LogP contribution in [0.4, 0.5) is 0 Å². The van der Waals surface area contributed by atoms with E-state index in [1.807, 2.05) is 32.0 Å². The fourth-order valence-electron chi connectivity index (χ4n) is 1.43. The molecule has 1 aromatic rings. The molecule has 1 rings (SSSR count). The molecule has 0 saturated carbocycles. The van der Waals surface area contributed by atoms with Crippen molar-refractivity contribution in [2.24, 2.45) is 0 Å².